The molecule has 0 unspecified atom stereocenters. The number of aromatic nitrogens is 4. The largest absolute Gasteiger partial charge is 0.377 e. The second-order valence-corrected chi connectivity index (χ2v) is 8.69. The SMILES string of the molecule is CCc1cn2cc(CN3CCN(c4ccc(C(=O)NC5COC5)nc4C)CC3)cc2[nH][nH]o1. The number of pyridine rings is 1. The minimum Gasteiger partial charge on any atom is -0.377 e. The Morgan fingerprint density at radius 1 is 1.21 bits per heavy atom. The fourth-order valence-corrected chi connectivity index (χ4v) is 4.32. The number of fused-ring (bicyclic) bond motifs is 1. The molecule has 0 aliphatic carbocycles. The van der Waals surface area contributed by atoms with Gasteiger partial charge < -0.3 is 23.9 Å². The Morgan fingerprint density at radius 3 is 2.73 bits per heavy atom. The average Bonchev–Trinajstić information content (AvgIpc) is 3.06. The number of aryl methyl sites for hydroxylation is 2. The second kappa shape index (κ2) is 9.32. The van der Waals surface area contributed by atoms with Gasteiger partial charge in [-0.15, -0.1) is 0 Å². The van der Waals surface area contributed by atoms with Crippen LogP contribution in [0.5, 0.6) is 0 Å². The molecule has 5 heterocycles. The molecule has 0 spiro atoms. The van der Waals surface area contributed by atoms with Crippen LogP contribution >= 0.6 is 0 Å². The molecule has 0 aromatic carbocycles. The van der Waals surface area contributed by atoms with E-state index >= 15 is 0 Å². The number of ether oxygens (including phenoxy) is 1. The van der Waals surface area contributed by atoms with Crippen molar-refractivity contribution < 1.29 is 14.1 Å². The molecule has 0 atom stereocenters. The summed E-state index contributed by atoms with van der Waals surface area (Å²) < 4.78 is 12.6. The maximum Gasteiger partial charge on any atom is 0.270 e. The maximum absolute atomic E-state index is 12.4. The second-order valence-electron chi connectivity index (χ2n) is 8.69. The molecule has 2 aliphatic rings. The highest BCUT2D eigenvalue weighted by Gasteiger charge is 2.23. The number of hydrogen-bond acceptors (Lipinski definition) is 6. The lowest BCUT2D eigenvalue weighted by Gasteiger charge is -2.36. The number of carbonyl (C=O) groups is 1. The molecule has 2 fully saturated rings. The molecule has 0 bridgehead atoms. The summed E-state index contributed by atoms with van der Waals surface area (Å²) in [4.78, 5) is 21.7. The first-order valence-corrected chi connectivity index (χ1v) is 11.5. The number of H-pyrrole nitrogens is 2. The first kappa shape index (κ1) is 21.6. The molecule has 33 heavy (non-hydrogen) atoms. The van der Waals surface area contributed by atoms with Crippen molar-refractivity contribution in [2.24, 2.45) is 0 Å². The molecular weight excluding hydrogens is 422 g/mol. The van der Waals surface area contributed by atoms with Gasteiger partial charge in [0.25, 0.3) is 5.91 Å². The number of hydrogen-bond donors (Lipinski definition) is 3. The minimum absolute atomic E-state index is 0.105. The van der Waals surface area contributed by atoms with Crippen LogP contribution < -0.4 is 10.2 Å². The Bertz CT molecular complexity index is 1160. The van der Waals surface area contributed by atoms with Gasteiger partial charge in [-0.25, -0.2) is 4.98 Å². The fraction of sp³-hybridized carbons (Fsp3) is 0.478. The molecule has 10 nitrogen and oxygen atoms in total. The third kappa shape index (κ3) is 4.76. The normalized spacial score (nSPS) is 17.2. The van der Waals surface area contributed by atoms with Crippen molar-refractivity contribution in [2.75, 3.05) is 44.3 Å². The summed E-state index contributed by atoms with van der Waals surface area (Å²) in [5.74, 6) is 0.743. The van der Waals surface area contributed by atoms with Crippen molar-refractivity contribution in [2.45, 2.75) is 32.9 Å². The van der Waals surface area contributed by atoms with Crippen molar-refractivity contribution in [3.8, 4) is 0 Å². The minimum atomic E-state index is -0.133. The molecule has 2 saturated heterocycles. The van der Waals surface area contributed by atoms with Gasteiger partial charge in [0.15, 0.2) is 0 Å². The highest BCUT2D eigenvalue weighted by Crippen LogP contribution is 2.21. The van der Waals surface area contributed by atoms with E-state index in [0.29, 0.717) is 18.9 Å². The van der Waals surface area contributed by atoms with Gasteiger partial charge in [-0.2, -0.15) is 5.27 Å². The number of rotatable bonds is 6. The fourth-order valence-electron chi connectivity index (χ4n) is 4.32. The van der Waals surface area contributed by atoms with E-state index in [1.807, 2.05) is 25.3 Å². The summed E-state index contributed by atoms with van der Waals surface area (Å²) >= 11 is 0. The zero-order chi connectivity index (χ0) is 22.8. The Balaban J connectivity index is 1.19. The van der Waals surface area contributed by atoms with E-state index in [9.17, 15) is 4.79 Å². The van der Waals surface area contributed by atoms with Crippen LogP contribution in [0, 0.1) is 6.92 Å². The van der Waals surface area contributed by atoms with E-state index in [1.54, 1.807) is 0 Å². The smallest absolute Gasteiger partial charge is 0.270 e. The van der Waals surface area contributed by atoms with Gasteiger partial charge >= 0.3 is 0 Å². The number of amides is 1. The lowest BCUT2D eigenvalue weighted by molar-refractivity contribution is -0.00355. The van der Waals surface area contributed by atoms with Crippen molar-refractivity contribution in [3.63, 3.8) is 0 Å². The number of aromatic amines is 2. The Kier molecular flexibility index (Phi) is 6.10. The standard InChI is InChI=1S/C23H31N7O3/c1-3-19-13-30-12-17(10-22(30)26-27-33-19)11-28-6-8-29(9-7-28)21-5-4-20(24-16(21)2)23(31)25-18-14-32-15-18/h4-5,10,12-13,18,26-27H,3,6-9,11,14-15H2,1-2H3,(H,25,31). The maximum atomic E-state index is 12.4. The van der Waals surface area contributed by atoms with Gasteiger partial charge in [0.05, 0.1) is 36.8 Å². The van der Waals surface area contributed by atoms with Crippen LogP contribution in [0.15, 0.2) is 35.1 Å². The molecule has 5 rings (SSSR count). The summed E-state index contributed by atoms with van der Waals surface area (Å²) in [5, 5.41) is 8.81. The van der Waals surface area contributed by atoms with Gasteiger partial charge in [-0.05, 0) is 30.7 Å². The van der Waals surface area contributed by atoms with E-state index in [0.717, 1.165) is 61.9 Å². The predicted molar refractivity (Wildman–Crippen MR) is 124 cm³/mol. The van der Waals surface area contributed by atoms with Gasteiger partial charge in [-0.3, -0.25) is 14.8 Å². The van der Waals surface area contributed by atoms with Crippen LogP contribution in [0.3, 0.4) is 0 Å². The first-order chi connectivity index (χ1) is 16.1. The van der Waals surface area contributed by atoms with Crippen LogP contribution in [0.25, 0.3) is 5.65 Å². The number of nitrogens with zero attached hydrogens (tertiary/aromatic N) is 4. The van der Waals surface area contributed by atoms with Gasteiger partial charge in [-0.1, -0.05) is 6.92 Å². The number of nitrogens with one attached hydrogen (secondary N) is 3. The van der Waals surface area contributed by atoms with E-state index < -0.39 is 0 Å². The molecule has 0 radical (unpaired) electrons. The molecule has 1 amide bonds. The Labute approximate surface area is 192 Å². The van der Waals surface area contributed by atoms with Gasteiger partial charge in [0, 0.05) is 45.3 Å². The average molecular weight is 454 g/mol. The number of piperazine rings is 1. The quantitative estimate of drug-likeness (QED) is 0.527. The molecule has 3 N–H and O–H groups in total. The van der Waals surface area contributed by atoms with Crippen LogP contribution in [0.2, 0.25) is 0 Å². The topological polar surface area (TPSA) is 107 Å². The highest BCUT2D eigenvalue weighted by molar-refractivity contribution is 5.93. The van der Waals surface area contributed by atoms with E-state index in [4.69, 9.17) is 9.26 Å². The summed E-state index contributed by atoms with van der Waals surface area (Å²) in [6.07, 6.45) is 4.97. The Hall–Kier alpha value is -3.24. The number of anilines is 1. The van der Waals surface area contributed by atoms with Crippen LogP contribution in [0.4, 0.5) is 5.69 Å². The van der Waals surface area contributed by atoms with Crippen LogP contribution in [0.1, 0.15) is 34.4 Å². The zero-order valence-electron chi connectivity index (χ0n) is 19.1. The summed E-state index contributed by atoms with van der Waals surface area (Å²) in [7, 11) is 0. The van der Waals surface area contributed by atoms with Crippen molar-refractivity contribution >= 4 is 17.2 Å². The lowest BCUT2D eigenvalue weighted by Crippen LogP contribution is -2.48. The molecule has 3 aromatic heterocycles. The van der Waals surface area contributed by atoms with Crippen LogP contribution in [-0.4, -0.2) is 76.0 Å². The van der Waals surface area contributed by atoms with E-state index in [1.165, 1.54) is 5.56 Å². The molecule has 176 valence electrons. The van der Waals surface area contributed by atoms with Crippen LogP contribution in [-0.2, 0) is 17.7 Å². The molecule has 3 aromatic rings. The van der Waals surface area contributed by atoms with E-state index in [-0.39, 0.29) is 11.9 Å². The molecular formula is C23H31N7O3. The first-order valence-electron chi connectivity index (χ1n) is 11.5. The summed E-state index contributed by atoms with van der Waals surface area (Å²) in [6.45, 7) is 9.88. The summed E-state index contributed by atoms with van der Waals surface area (Å²) in [5.41, 5.74) is 4.66. The molecule has 2 aliphatic heterocycles. The third-order valence-corrected chi connectivity index (χ3v) is 6.28. The monoisotopic (exact) mass is 453 g/mol. The number of carbonyl (C=O) groups excluding carboxylic acids is 1. The Morgan fingerprint density at radius 2 is 2.03 bits per heavy atom. The van der Waals surface area contributed by atoms with Crippen molar-refractivity contribution in [3.05, 3.63) is 53.3 Å². The molecule has 10 heteroatoms. The van der Waals surface area contributed by atoms with Crippen molar-refractivity contribution in [1.82, 2.24) is 30.0 Å². The summed E-state index contributed by atoms with van der Waals surface area (Å²) in [6, 6.07) is 6.09. The van der Waals surface area contributed by atoms with Gasteiger partial charge in [0.1, 0.15) is 17.1 Å². The lowest BCUT2D eigenvalue weighted by atomic mass is 10.2. The highest BCUT2D eigenvalue weighted by atomic mass is 16.5. The van der Waals surface area contributed by atoms with Gasteiger partial charge in [0.2, 0.25) is 0 Å². The molecule has 0 saturated carbocycles. The van der Waals surface area contributed by atoms with Crippen molar-refractivity contribution in [1.29, 1.82) is 0 Å². The predicted octanol–water partition coefficient (Wildman–Crippen LogP) is 2.03. The zero-order valence-corrected chi connectivity index (χ0v) is 19.1. The third-order valence-electron chi connectivity index (χ3n) is 6.28. The van der Waals surface area contributed by atoms with E-state index in [2.05, 4.69) is 54.1 Å².